The fourth-order valence-corrected chi connectivity index (χ4v) is 2.35. The van der Waals surface area contributed by atoms with Crippen LogP contribution in [0.3, 0.4) is 0 Å². The summed E-state index contributed by atoms with van der Waals surface area (Å²) in [5, 5.41) is 16.9. The number of halogens is 3. The SMILES string of the molecule is O=C(O)c1nnn(-c2cc(F)cc(F)c2)c1-c1cccc(Cl)c1. The van der Waals surface area contributed by atoms with Crippen LogP contribution in [0.4, 0.5) is 8.78 Å². The Balaban J connectivity index is 2.28. The molecule has 5 nitrogen and oxygen atoms in total. The van der Waals surface area contributed by atoms with Crippen molar-refractivity contribution in [3.8, 4) is 16.9 Å². The van der Waals surface area contributed by atoms with Gasteiger partial charge in [0.25, 0.3) is 0 Å². The summed E-state index contributed by atoms with van der Waals surface area (Å²) in [6.45, 7) is 0. The van der Waals surface area contributed by atoms with Crippen molar-refractivity contribution in [1.82, 2.24) is 15.0 Å². The van der Waals surface area contributed by atoms with E-state index in [1.807, 2.05) is 0 Å². The molecule has 0 aliphatic heterocycles. The van der Waals surface area contributed by atoms with Gasteiger partial charge in [-0.15, -0.1) is 5.10 Å². The topological polar surface area (TPSA) is 68.0 Å². The summed E-state index contributed by atoms with van der Waals surface area (Å²) in [4.78, 5) is 11.4. The van der Waals surface area contributed by atoms with Gasteiger partial charge in [-0.2, -0.15) is 0 Å². The summed E-state index contributed by atoms with van der Waals surface area (Å²) in [6.07, 6.45) is 0. The van der Waals surface area contributed by atoms with Crippen LogP contribution in [0.25, 0.3) is 16.9 Å². The molecule has 0 bridgehead atoms. The first kappa shape index (κ1) is 15.1. The molecule has 116 valence electrons. The van der Waals surface area contributed by atoms with E-state index in [4.69, 9.17) is 11.6 Å². The van der Waals surface area contributed by atoms with Crippen molar-refractivity contribution in [2.45, 2.75) is 0 Å². The Bertz CT molecular complexity index is 891. The van der Waals surface area contributed by atoms with E-state index in [2.05, 4.69) is 10.3 Å². The van der Waals surface area contributed by atoms with E-state index in [-0.39, 0.29) is 17.1 Å². The zero-order valence-corrected chi connectivity index (χ0v) is 12.1. The minimum absolute atomic E-state index is 0.0116. The Labute approximate surface area is 133 Å². The van der Waals surface area contributed by atoms with Gasteiger partial charge in [0.05, 0.1) is 5.69 Å². The number of rotatable bonds is 3. The first-order valence-electron chi connectivity index (χ1n) is 6.37. The predicted octanol–water partition coefficient (Wildman–Crippen LogP) is 3.56. The zero-order chi connectivity index (χ0) is 16.6. The van der Waals surface area contributed by atoms with Crippen LogP contribution in [0, 0.1) is 11.6 Å². The van der Waals surface area contributed by atoms with Crippen LogP contribution in [0.15, 0.2) is 42.5 Å². The average molecular weight is 336 g/mol. The Hall–Kier alpha value is -2.80. The van der Waals surface area contributed by atoms with Gasteiger partial charge in [0.15, 0.2) is 5.69 Å². The maximum absolute atomic E-state index is 13.4. The summed E-state index contributed by atoms with van der Waals surface area (Å²) in [6, 6.07) is 9.10. The van der Waals surface area contributed by atoms with Crippen LogP contribution in [-0.2, 0) is 0 Å². The van der Waals surface area contributed by atoms with Crippen LogP contribution in [-0.4, -0.2) is 26.1 Å². The lowest BCUT2D eigenvalue weighted by molar-refractivity contribution is 0.0691. The number of hydrogen-bond donors (Lipinski definition) is 1. The van der Waals surface area contributed by atoms with Gasteiger partial charge in [-0.25, -0.2) is 18.3 Å². The zero-order valence-electron chi connectivity index (χ0n) is 11.4. The van der Waals surface area contributed by atoms with E-state index < -0.39 is 17.6 Å². The van der Waals surface area contributed by atoms with Crippen molar-refractivity contribution in [3.05, 3.63) is 64.8 Å². The number of aromatic carboxylic acids is 1. The third kappa shape index (κ3) is 2.91. The maximum Gasteiger partial charge on any atom is 0.358 e. The first-order chi connectivity index (χ1) is 11.0. The predicted molar refractivity (Wildman–Crippen MR) is 78.7 cm³/mol. The van der Waals surface area contributed by atoms with Crippen molar-refractivity contribution in [1.29, 1.82) is 0 Å². The summed E-state index contributed by atoms with van der Waals surface area (Å²) >= 11 is 5.92. The molecule has 23 heavy (non-hydrogen) atoms. The molecule has 0 atom stereocenters. The number of carbonyl (C=O) groups is 1. The molecule has 0 aliphatic rings. The molecule has 2 aromatic carbocycles. The number of aromatic nitrogens is 3. The van der Waals surface area contributed by atoms with E-state index in [0.29, 0.717) is 16.7 Å². The van der Waals surface area contributed by atoms with Gasteiger partial charge >= 0.3 is 5.97 Å². The summed E-state index contributed by atoms with van der Waals surface area (Å²) < 4.78 is 27.9. The number of nitrogens with zero attached hydrogens (tertiary/aromatic N) is 3. The van der Waals surface area contributed by atoms with Crippen LogP contribution < -0.4 is 0 Å². The van der Waals surface area contributed by atoms with E-state index in [9.17, 15) is 18.7 Å². The van der Waals surface area contributed by atoms with Crippen molar-refractivity contribution < 1.29 is 18.7 Å². The number of carboxylic acids is 1. The molecule has 8 heteroatoms. The average Bonchev–Trinajstić information content (AvgIpc) is 2.91. The molecule has 1 N–H and O–H groups in total. The lowest BCUT2D eigenvalue weighted by Gasteiger charge is -2.08. The third-order valence-electron chi connectivity index (χ3n) is 3.06. The van der Waals surface area contributed by atoms with Gasteiger partial charge in [0.2, 0.25) is 0 Å². The number of carboxylic acid groups (broad SMARTS) is 1. The maximum atomic E-state index is 13.4. The minimum atomic E-state index is -1.32. The minimum Gasteiger partial charge on any atom is -0.476 e. The standard InChI is InChI=1S/C15H8ClF2N3O2/c16-9-3-1-2-8(4-9)14-13(15(22)23)19-20-21(14)12-6-10(17)5-11(18)7-12/h1-7H,(H,22,23). The molecule has 0 saturated heterocycles. The molecular formula is C15H8ClF2N3O2. The molecule has 1 aromatic heterocycles. The molecule has 0 unspecified atom stereocenters. The monoisotopic (exact) mass is 335 g/mol. The fourth-order valence-electron chi connectivity index (χ4n) is 2.16. The highest BCUT2D eigenvalue weighted by Gasteiger charge is 2.22. The normalized spacial score (nSPS) is 10.7. The lowest BCUT2D eigenvalue weighted by Crippen LogP contribution is -2.04. The van der Waals surface area contributed by atoms with E-state index >= 15 is 0 Å². The first-order valence-corrected chi connectivity index (χ1v) is 6.75. The summed E-state index contributed by atoms with van der Waals surface area (Å²) in [5.74, 6) is -2.95. The van der Waals surface area contributed by atoms with Crippen LogP contribution in [0.2, 0.25) is 5.02 Å². The highest BCUT2D eigenvalue weighted by molar-refractivity contribution is 6.30. The molecule has 0 aliphatic carbocycles. The molecule has 0 spiro atoms. The van der Waals surface area contributed by atoms with Crippen molar-refractivity contribution in [3.63, 3.8) is 0 Å². The Kier molecular flexibility index (Phi) is 3.79. The van der Waals surface area contributed by atoms with E-state index in [1.165, 1.54) is 6.07 Å². The van der Waals surface area contributed by atoms with E-state index in [1.54, 1.807) is 18.2 Å². The smallest absolute Gasteiger partial charge is 0.358 e. The number of hydrogen-bond acceptors (Lipinski definition) is 3. The van der Waals surface area contributed by atoms with Gasteiger partial charge in [-0.3, -0.25) is 0 Å². The van der Waals surface area contributed by atoms with Crippen molar-refractivity contribution in [2.75, 3.05) is 0 Å². The molecule has 3 aromatic rings. The highest BCUT2D eigenvalue weighted by Crippen LogP contribution is 2.28. The molecule has 0 saturated carbocycles. The molecule has 1 heterocycles. The second kappa shape index (κ2) is 5.77. The number of benzene rings is 2. The molecule has 0 fully saturated rings. The quantitative estimate of drug-likeness (QED) is 0.794. The van der Waals surface area contributed by atoms with Gasteiger partial charge in [0.1, 0.15) is 17.3 Å². The lowest BCUT2D eigenvalue weighted by atomic mass is 10.1. The van der Waals surface area contributed by atoms with Gasteiger partial charge in [0, 0.05) is 16.7 Å². The van der Waals surface area contributed by atoms with Gasteiger partial charge in [-0.1, -0.05) is 28.9 Å². The summed E-state index contributed by atoms with van der Waals surface area (Å²) in [7, 11) is 0. The third-order valence-corrected chi connectivity index (χ3v) is 3.30. The molecule has 3 rings (SSSR count). The second-order valence-electron chi connectivity index (χ2n) is 4.64. The van der Waals surface area contributed by atoms with E-state index in [0.717, 1.165) is 16.8 Å². The largest absolute Gasteiger partial charge is 0.476 e. The Morgan fingerprint density at radius 2 is 1.83 bits per heavy atom. The van der Waals surface area contributed by atoms with Crippen LogP contribution in [0.5, 0.6) is 0 Å². The highest BCUT2D eigenvalue weighted by atomic mass is 35.5. The fraction of sp³-hybridized carbons (Fsp3) is 0. The Morgan fingerprint density at radius 3 is 2.43 bits per heavy atom. The van der Waals surface area contributed by atoms with Crippen LogP contribution in [0.1, 0.15) is 10.5 Å². The van der Waals surface area contributed by atoms with Crippen molar-refractivity contribution >= 4 is 17.6 Å². The van der Waals surface area contributed by atoms with Gasteiger partial charge < -0.3 is 5.11 Å². The Morgan fingerprint density at radius 1 is 1.13 bits per heavy atom. The molecule has 0 amide bonds. The van der Waals surface area contributed by atoms with Gasteiger partial charge in [-0.05, 0) is 24.3 Å². The van der Waals surface area contributed by atoms with Crippen LogP contribution >= 0.6 is 11.6 Å². The summed E-state index contributed by atoms with van der Waals surface area (Å²) in [5.41, 5.74) is 0.143. The van der Waals surface area contributed by atoms with Crippen molar-refractivity contribution in [2.24, 2.45) is 0 Å². The second-order valence-corrected chi connectivity index (χ2v) is 5.08. The molecular weight excluding hydrogens is 328 g/mol. The molecule has 0 radical (unpaired) electrons.